The van der Waals surface area contributed by atoms with E-state index < -0.39 is 92.8 Å². The average Bonchev–Trinajstić information content (AvgIpc) is 3.60. The van der Waals surface area contributed by atoms with E-state index in [0.29, 0.717) is 5.56 Å². The van der Waals surface area contributed by atoms with Gasteiger partial charge in [0.15, 0.2) is 17.8 Å². The van der Waals surface area contributed by atoms with Crippen molar-refractivity contribution in [1.82, 2.24) is 0 Å². The highest BCUT2D eigenvalue weighted by Crippen LogP contribution is 2.84. The molecule has 2 aliphatic carbocycles. The largest absolute Gasteiger partial charge is 0.459 e. The third kappa shape index (κ3) is 2.37. The summed E-state index contributed by atoms with van der Waals surface area (Å²) in [5, 5.41) is 35.4. The van der Waals surface area contributed by atoms with Crippen LogP contribution < -0.4 is 0 Å². The molecule has 1 aromatic carbocycles. The normalized spacial score (nSPS) is 47.9. The number of nitrogens with zero attached hydrogens (tertiary/aromatic N) is 1. The van der Waals surface area contributed by atoms with Gasteiger partial charge in [0.2, 0.25) is 11.9 Å². The molecule has 0 aromatic heterocycles. The molecule has 7 rings (SSSR count). The van der Waals surface area contributed by atoms with Crippen LogP contribution in [0.3, 0.4) is 0 Å². The number of carbonyl (C=O) groups is 3. The summed E-state index contributed by atoms with van der Waals surface area (Å²) in [5.41, 5.74) is -7.97. The van der Waals surface area contributed by atoms with E-state index in [1.165, 1.54) is 31.2 Å². The van der Waals surface area contributed by atoms with Gasteiger partial charge in [-0.15, -0.1) is 0 Å². The van der Waals surface area contributed by atoms with Gasteiger partial charge < -0.3 is 33.9 Å². The Labute approximate surface area is 227 Å². The minimum absolute atomic E-state index is 0.110. The van der Waals surface area contributed by atoms with E-state index in [4.69, 9.17) is 23.7 Å². The molecule has 0 amide bonds. The molecular weight excluding hydrogens is 530 g/mol. The highest BCUT2D eigenvalue weighted by molar-refractivity contribution is 5.94. The molecule has 2 spiro atoms. The van der Waals surface area contributed by atoms with Crippen molar-refractivity contribution >= 4 is 23.6 Å². The van der Waals surface area contributed by atoms with E-state index >= 15 is 0 Å². The third-order valence-electron chi connectivity index (χ3n) is 10.5. The number of hydrogen-bond acceptors (Lipinski definition) is 12. The zero-order valence-corrected chi connectivity index (χ0v) is 22.2. The molecule has 11 atom stereocenters. The summed E-state index contributed by atoms with van der Waals surface area (Å²) < 4.78 is 29.7. The maximum Gasteiger partial charge on any atom is 0.343 e. The molecule has 0 radical (unpaired) electrons. The van der Waals surface area contributed by atoms with Crippen molar-refractivity contribution in [2.45, 2.75) is 82.6 Å². The van der Waals surface area contributed by atoms with Gasteiger partial charge >= 0.3 is 17.9 Å². The number of fused-ring (bicyclic) bond motifs is 1. The number of aliphatic hydroxyl groups is 2. The van der Waals surface area contributed by atoms with Crippen LogP contribution in [-0.2, 0) is 44.7 Å². The summed E-state index contributed by atoms with van der Waals surface area (Å²) in [5.74, 6) is -4.25. The number of esters is 3. The second kappa shape index (κ2) is 7.38. The Morgan fingerprint density at radius 1 is 1.10 bits per heavy atom. The molecule has 214 valence electrons. The standard InChI is InChI=1S/C27H29NO12/c1-11-19(30)38-17-16(29)25-15-9-14(23(2,3)4)24(25)18(36-10-12-5-7-13(8-6-12)28(34)35)20(31)39-22(24)40-27(25,21(32)37-15)26(11,17)33/h5-8,11,14-18,22,29,33H,9-10H2,1-4H3/t11-,14+,15-,16-,17+,18+,22+,24+,25+,26-,27-/m1/s1. The summed E-state index contributed by atoms with van der Waals surface area (Å²) in [6.07, 6.45) is -6.71. The fourth-order valence-corrected chi connectivity index (χ4v) is 9.19. The Kier molecular flexibility index (Phi) is 4.76. The van der Waals surface area contributed by atoms with Gasteiger partial charge in [0.1, 0.15) is 12.2 Å². The van der Waals surface area contributed by atoms with Crippen LogP contribution in [0.4, 0.5) is 5.69 Å². The van der Waals surface area contributed by atoms with Crippen molar-refractivity contribution in [3.63, 3.8) is 0 Å². The lowest BCUT2D eigenvalue weighted by atomic mass is 9.51. The minimum atomic E-state index is -2.30. The second-order valence-electron chi connectivity index (χ2n) is 12.9. The number of hydrogen-bond donors (Lipinski definition) is 2. The van der Waals surface area contributed by atoms with Gasteiger partial charge in [-0.3, -0.25) is 14.9 Å². The first-order valence-corrected chi connectivity index (χ1v) is 13.3. The lowest BCUT2D eigenvalue weighted by molar-refractivity contribution is -0.384. The molecule has 0 unspecified atom stereocenters. The van der Waals surface area contributed by atoms with Crippen molar-refractivity contribution < 1.29 is 53.2 Å². The molecule has 1 aromatic rings. The number of aliphatic hydroxyl groups excluding tert-OH is 1. The molecule has 2 saturated carbocycles. The Morgan fingerprint density at radius 2 is 1.77 bits per heavy atom. The molecule has 4 saturated heterocycles. The van der Waals surface area contributed by atoms with E-state index in [9.17, 15) is 34.7 Å². The Balaban J connectivity index is 1.41. The predicted octanol–water partition coefficient (Wildman–Crippen LogP) is 0.763. The Morgan fingerprint density at radius 3 is 2.40 bits per heavy atom. The van der Waals surface area contributed by atoms with E-state index in [1.807, 2.05) is 20.8 Å². The van der Waals surface area contributed by atoms with E-state index in [0.717, 1.165) is 0 Å². The highest BCUT2D eigenvalue weighted by Gasteiger charge is 3.04. The first kappa shape index (κ1) is 25.8. The zero-order valence-electron chi connectivity index (χ0n) is 22.2. The lowest BCUT2D eigenvalue weighted by Crippen LogP contribution is -2.67. The quantitative estimate of drug-likeness (QED) is 0.229. The maximum atomic E-state index is 13.8. The van der Waals surface area contributed by atoms with Crippen molar-refractivity contribution in [2.75, 3.05) is 0 Å². The fourth-order valence-electron chi connectivity index (χ4n) is 9.19. The van der Waals surface area contributed by atoms with E-state index in [1.54, 1.807) is 0 Å². The number of benzene rings is 1. The first-order valence-electron chi connectivity index (χ1n) is 13.3. The summed E-state index contributed by atoms with van der Waals surface area (Å²) in [6.45, 7) is 7.08. The van der Waals surface area contributed by atoms with Gasteiger partial charge in [-0.05, 0) is 42.4 Å². The number of rotatable bonds is 4. The minimum Gasteiger partial charge on any atom is -0.459 e. The highest BCUT2D eigenvalue weighted by atomic mass is 16.8. The number of nitro benzene ring substituents is 1. The molecule has 40 heavy (non-hydrogen) atoms. The monoisotopic (exact) mass is 559 g/mol. The molecule has 0 bridgehead atoms. The maximum absolute atomic E-state index is 13.8. The number of nitro groups is 1. The number of ether oxygens (including phenoxy) is 5. The molecule has 6 aliphatic rings. The van der Waals surface area contributed by atoms with Gasteiger partial charge in [-0.25, -0.2) is 9.59 Å². The van der Waals surface area contributed by atoms with Crippen molar-refractivity contribution in [2.24, 2.45) is 28.1 Å². The van der Waals surface area contributed by atoms with Gasteiger partial charge in [0.05, 0.1) is 28.3 Å². The van der Waals surface area contributed by atoms with Crippen LogP contribution in [0.1, 0.15) is 39.7 Å². The SMILES string of the molecule is C[C@@H]1C(=O)O[C@H]2[C@@H](O)[C@@]34[C@H]5C[C@@H](C(C)(C)C)[C@]36[C@@H](OC(=O)[C@@H]6OCc3ccc([N+](=O)[O-])cc3)O[C@@]4(C(=O)O5)[C@@]12O. The summed E-state index contributed by atoms with van der Waals surface area (Å²) in [6, 6.07) is 5.63. The summed E-state index contributed by atoms with van der Waals surface area (Å²) in [4.78, 5) is 50.5. The summed E-state index contributed by atoms with van der Waals surface area (Å²) in [7, 11) is 0. The van der Waals surface area contributed by atoms with Crippen LogP contribution >= 0.6 is 0 Å². The Hall–Kier alpha value is -3.13. The smallest absolute Gasteiger partial charge is 0.343 e. The predicted molar refractivity (Wildman–Crippen MR) is 128 cm³/mol. The molecule has 13 nitrogen and oxygen atoms in total. The summed E-state index contributed by atoms with van der Waals surface area (Å²) >= 11 is 0. The van der Waals surface area contributed by atoms with Gasteiger partial charge in [-0.2, -0.15) is 0 Å². The molecule has 13 heteroatoms. The van der Waals surface area contributed by atoms with Crippen molar-refractivity contribution in [3.8, 4) is 0 Å². The molecule has 2 N–H and O–H groups in total. The first-order chi connectivity index (χ1) is 18.7. The zero-order chi connectivity index (χ0) is 28.8. The Bertz CT molecular complexity index is 1370. The molecule has 4 aliphatic heterocycles. The van der Waals surface area contributed by atoms with Crippen LogP contribution in [0.25, 0.3) is 0 Å². The third-order valence-corrected chi connectivity index (χ3v) is 10.5. The molecule has 4 heterocycles. The van der Waals surface area contributed by atoms with Crippen molar-refractivity contribution in [3.05, 3.63) is 39.9 Å². The topological polar surface area (TPSA) is 181 Å². The second-order valence-corrected chi connectivity index (χ2v) is 12.9. The van der Waals surface area contributed by atoms with Gasteiger partial charge in [0.25, 0.3) is 5.69 Å². The number of non-ortho nitro benzene ring substituents is 1. The lowest BCUT2D eigenvalue weighted by Gasteiger charge is -2.48. The van der Waals surface area contributed by atoms with E-state index in [-0.39, 0.29) is 18.7 Å². The van der Waals surface area contributed by atoms with Crippen LogP contribution in [0.5, 0.6) is 0 Å². The van der Waals surface area contributed by atoms with Gasteiger partial charge in [-0.1, -0.05) is 20.8 Å². The fraction of sp³-hybridized carbons (Fsp3) is 0.667. The van der Waals surface area contributed by atoms with Crippen LogP contribution in [0, 0.1) is 38.2 Å². The van der Waals surface area contributed by atoms with Crippen LogP contribution in [0.15, 0.2) is 24.3 Å². The van der Waals surface area contributed by atoms with Gasteiger partial charge in [0, 0.05) is 12.1 Å². The van der Waals surface area contributed by atoms with Crippen molar-refractivity contribution in [1.29, 1.82) is 0 Å². The number of carbonyl (C=O) groups excluding carboxylic acids is 3. The molecular formula is C27H29NO12. The van der Waals surface area contributed by atoms with E-state index in [2.05, 4.69) is 0 Å². The van der Waals surface area contributed by atoms with Crippen LogP contribution in [0.2, 0.25) is 0 Å². The molecule has 6 fully saturated rings. The average molecular weight is 560 g/mol. The van der Waals surface area contributed by atoms with Crippen LogP contribution in [-0.4, -0.2) is 75.0 Å².